The highest BCUT2D eigenvalue weighted by molar-refractivity contribution is 9.10. The topological polar surface area (TPSA) is 54.9 Å². The molecule has 2 rings (SSSR count). The van der Waals surface area contributed by atoms with E-state index in [1.807, 2.05) is 20.8 Å². The third-order valence-electron chi connectivity index (χ3n) is 2.78. The first kappa shape index (κ1) is 15.9. The summed E-state index contributed by atoms with van der Waals surface area (Å²) in [5.74, 6) is 0.204. The zero-order valence-corrected chi connectivity index (χ0v) is 14.3. The Balaban J connectivity index is 2.29. The quantitative estimate of drug-likeness (QED) is 0.797. The van der Waals surface area contributed by atoms with E-state index in [9.17, 15) is 4.79 Å². The summed E-state index contributed by atoms with van der Waals surface area (Å²) in [6.07, 6.45) is 0. The molecule has 0 aliphatic carbocycles. The standard InChI is InChI=1S/C15H15BrClN3O/c1-15(2,3)10-7-9(8-12(17)18-10)14(21)20-13-6-4-5-11(16)19-13/h4-8H,1-3H3,(H,19,20,21). The number of hydrogen-bond donors (Lipinski definition) is 1. The summed E-state index contributed by atoms with van der Waals surface area (Å²) < 4.78 is 0.656. The number of carbonyl (C=O) groups is 1. The van der Waals surface area contributed by atoms with Gasteiger partial charge in [-0.05, 0) is 40.2 Å². The van der Waals surface area contributed by atoms with E-state index in [0.717, 1.165) is 5.69 Å². The number of amides is 1. The van der Waals surface area contributed by atoms with Crippen LogP contribution in [-0.4, -0.2) is 15.9 Å². The van der Waals surface area contributed by atoms with Crippen molar-refractivity contribution in [1.82, 2.24) is 9.97 Å². The smallest absolute Gasteiger partial charge is 0.256 e. The second-order valence-corrected chi connectivity index (χ2v) is 6.81. The molecule has 0 spiro atoms. The van der Waals surface area contributed by atoms with Crippen LogP contribution in [0.25, 0.3) is 0 Å². The van der Waals surface area contributed by atoms with E-state index >= 15 is 0 Å². The van der Waals surface area contributed by atoms with Gasteiger partial charge in [0.2, 0.25) is 0 Å². The van der Waals surface area contributed by atoms with Crippen LogP contribution >= 0.6 is 27.5 Å². The molecule has 0 atom stereocenters. The second kappa shape index (κ2) is 6.12. The predicted octanol–water partition coefficient (Wildman–Crippen LogP) is 4.44. The van der Waals surface area contributed by atoms with E-state index in [0.29, 0.717) is 21.1 Å². The van der Waals surface area contributed by atoms with Crippen molar-refractivity contribution in [3.8, 4) is 0 Å². The van der Waals surface area contributed by atoms with Gasteiger partial charge in [0.15, 0.2) is 0 Å². The monoisotopic (exact) mass is 367 g/mol. The number of hydrogen-bond acceptors (Lipinski definition) is 3. The molecule has 0 aromatic carbocycles. The molecule has 0 radical (unpaired) electrons. The van der Waals surface area contributed by atoms with E-state index in [4.69, 9.17) is 11.6 Å². The lowest BCUT2D eigenvalue weighted by Crippen LogP contribution is -2.18. The van der Waals surface area contributed by atoms with Crippen LogP contribution in [0, 0.1) is 0 Å². The number of aromatic nitrogens is 2. The summed E-state index contributed by atoms with van der Waals surface area (Å²) in [7, 11) is 0. The van der Waals surface area contributed by atoms with Crippen LogP contribution in [0.2, 0.25) is 5.15 Å². The Kier molecular flexibility index (Phi) is 4.64. The van der Waals surface area contributed by atoms with Gasteiger partial charge in [-0.25, -0.2) is 9.97 Å². The van der Waals surface area contributed by atoms with Crippen LogP contribution in [0.5, 0.6) is 0 Å². The van der Waals surface area contributed by atoms with Gasteiger partial charge in [-0.15, -0.1) is 0 Å². The molecule has 21 heavy (non-hydrogen) atoms. The highest BCUT2D eigenvalue weighted by atomic mass is 79.9. The molecule has 110 valence electrons. The first-order chi connectivity index (χ1) is 9.75. The minimum atomic E-state index is -0.268. The summed E-state index contributed by atoms with van der Waals surface area (Å²) in [6.45, 7) is 6.05. The molecular weight excluding hydrogens is 354 g/mol. The molecule has 1 amide bonds. The van der Waals surface area contributed by atoms with Gasteiger partial charge >= 0.3 is 0 Å². The molecule has 2 heterocycles. The van der Waals surface area contributed by atoms with E-state index in [-0.39, 0.29) is 11.3 Å². The molecule has 0 saturated heterocycles. The maximum atomic E-state index is 12.3. The van der Waals surface area contributed by atoms with Crippen LogP contribution in [0.4, 0.5) is 5.82 Å². The lowest BCUT2D eigenvalue weighted by molar-refractivity contribution is 0.102. The summed E-state index contributed by atoms with van der Waals surface area (Å²) in [5, 5.41) is 3.04. The Hall–Kier alpha value is -1.46. The van der Waals surface area contributed by atoms with Crippen molar-refractivity contribution in [2.24, 2.45) is 0 Å². The number of anilines is 1. The zero-order valence-electron chi connectivity index (χ0n) is 11.9. The largest absolute Gasteiger partial charge is 0.307 e. The van der Waals surface area contributed by atoms with Gasteiger partial charge in [0.1, 0.15) is 15.6 Å². The van der Waals surface area contributed by atoms with Crippen LogP contribution in [0.15, 0.2) is 34.9 Å². The zero-order chi connectivity index (χ0) is 15.6. The van der Waals surface area contributed by atoms with Crippen LogP contribution < -0.4 is 5.32 Å². The predicted molar refractivity (Wildman–Crippen MR) is 87.8 cm³/mol. The van der Waals surface area contributed by atoms with Crippen molar-refractivity contribution in [1.29, 1.82) is 0 Å². The van der Waals surface area contributed by atoms with Crippen molar-refractivity contribution in [2.75, 3.05) is 5.32 Å². The van der Waals surface area contributed by atoms with Crippen LogP contribution in [0.1, 0.15) is 36.8 Å². The molecule has 6 heteroatoms. The molecule has 1 N–H and O–H groups in total. The number of pyridine rings is 2. The summed E-state index contributed by atoms with van der Waals surface area (Å²) in [4.78, 5) is 20.7. The molecule has 2 aromatic heterocycles. The van der Waals surface area contributed by atoms with Gasteiger partial charge in [0.25, 0.3) is 5.91 Å². The Labute approximate surface area is 137 Å². The normalized spacial score (nSPS) is 11.3. The second-order valence-electron chi connectivity index (χ2n) is 5.61. The number of rotatable bonds is 2. The van der Waals surface area contributed by atoms with Gasteiger partial charge < -0.3 is 5.32 Å². The highest BCUT2D eigenvalue weighted by Crippen LogP contribution is 2.23. The van der Waals surface area contributed by atoms with Crippen molar-refractivity contribution >= 4 is 39.3 Å². The fourth-order valence-electron chi connectivity index (χ4n) is 1.68. The van der Waals surface area contributed by atoms with E-state index in [1.54, 1.807) is 30.3 Å². The van der Waals surface area contributed by atoms with Crippen molar-refractivity contribution in [3.63, 3.8) is 0 Å². The average molecular weight is 369 g/mol. The van der Waals surface area contributed by atoms with Crippen molar-refractivity contribution in [2.45, 2.75) is 26.2 Å². The summed E-state index contributed by atoms with van der Waals surface area (Å²) in [5.41, 5.74) is 1.04. The number of nitrogens with zero attached hydrogens (tertiary/aromatic N) is 2. The number of nitrogens with one attached hydrogen (secondary N) is 1. The first-order valence-corrected chi connectivity index (χ1v) is 7.55. The molecule has 0 aliphatic heterocycles. The minimum Gasteiger partial charge on any atom is -0.307 e. The molecule has 0 unspecified atom stereocenters. The van der Waals surface area contributed by atoms with Gasteiger partial charge in [-0.2, -0.15) is 0 Å². The Morgan fingerprint density at radius 1 is 1.24 bits per heavy atom. The van der Waals surface area contributed by atoms with E-state index < -0.39 is 0 Å². The highest BCUT2D eigenvalue weighted by Gasteiger charge is 2.19. The molecule has 0 fully saturated rings. The first-order valence-electron chi connectivity index (χ1n) is 6.38. The molecule has 4 nitrogen and oxygen atoms in total. The summed E-state index contributed by atoms with van der Waals surface area (Å²) in [6, 6.07) is 8.60. The number of halogens is 2. The van der Waals surface area contributed by atoms with Gasteiger partial charge in [0, 0.05) is 16.7 Å². The van der Waals surface area contributed by atoms with E-state index in [1.165, 1.54) is 0 Å². The minimum absolute atomic E-state index is 0.187. The Morgan fingerprint density at radius 2 is 1.95 bits per heavy atom. The third kappa shape index (κ3) is 4.25. The average Bonchev–Trinajstić information content (AvgIpc) is 2.37. The molecule has 0 aliphatic rings. The van der Waals surface area contributed by atoms with E-state index in [2.05, 4.69) is 31.2 Å². The Bertz CT molecular complexity index is 683. The lowest BCUT2D eigenvalue weighted by atomic mass is 9.91. The van der Waals surface area contributed by atoms with Gasteiger partial charge in [-0.1, -0.05) is 38.4 Å². The fraction of sp³-hybridized carbons (Fsp3) is 0.267. The fourth-order valence-corrected chi connectivity index (χ4v) is 2.23. The molecule has 0 saturated carbocycles. The van der Waals surface area contributed by atoms with Crippen LogP contribution in [-0.2, 0) is 5.41 Å². The maximum Gasteiger partial charge on any atom is 0.256 e. The van der Waals surface area contributed by atoms with Crippen LogP contribution in [0.3, 0.4) is 0 Å². The SMILES string of the molecule is CC(C)(C)c1cc(C(=O)Nc2cccc(Br)n2)cc(Cl)n1. The Morgan fingerprint density at radius 3 is 2.57 bits per heavy atom. The van der Waals surface area contributed by atoms with Crippen molar-refractivity contribution in [3.05, 3.63) is 51.3 Å². The summed E-state index contributed by atoms with van der Waals surface area (Å²) >= 11 is 9.28. The third-order valence-corrected chi connectivity index (χ3v) is 3.42. The van der Waals surface area contributed by atoms with Gasteiger partial charge in [0.05, 0.1) is 0 Å². The number of carbonyl (C=O) groups excluding carboxylic acids is 1. The molecule has 0 bridgehead atoms. The lowest BCUT2D eigenvalue weighted by Gasteiger charge is -2.18. The molecular formula is C15H15BrClN3O. The maximum absolute atomic E-state index is 12.3. The van der Waals surface area contributed by atoms with Crippen molar-refractivity contribution < 1.29 is 4.79 Å². The molecule has 2 aromatic rings. The van der Waals surface area contributed by atoms with Gasteiger partial charge in [-0.3, -0.25) is 4.79 Å².